The van der Waals surface area contributed by atoms with Crippen molar-refractivity contribution in [3.63, 3.8) is 0 Å². The van der Waals surface area contributed by atoms with Gasteiger partial charge in [0.25, 0.3) is 0 Å². The normalized spacial score (nSPS) is 10.9. The average Bonchev–Trinajstić information content (AvgIpc) is 2.83. The van der Waals surface area contributed by atoms with E-state index in [9.17, 15) is 9.59 Å². The van der Waals surface area contributed by atoms with Gasteiger partial charge in [0.15, 0.2) is 0 Å². The van der Waals surface area contributed by atoms with Gasteiger partial charge in [-0.1, -0.05) is 72.3 Å². The van der Waals surface area contributed by atoms with Gasteiger partial charge < -0.3 is 9.47 Å². The van der Waals surface area contributed by atoms with Crippen molar-refractivity contribution in [3.8, 4) is 0 Å². The lowest BCUT2D eigenvalue weighted by molar-refractivity contribution is -0.139. The van der Waals surface area contributed by atoms with E-state index in [-0.39, 0.29) is 18.8 Å². The smallest absolute Gasteiger partial charge is 0.339 e. The highest BCUT2D eigenvalue weighted by Crippen LogP contribution is 2.30. The third-order valence-corrected chi connectivity index (χ3v) is 4.81. The molecule has 0 saturated carbocycles. The molecule has 0 aromatic heterocycles. The van der Waals surface area contributed by atoms with Gasteiger partial charge >= 0.3 is 11.9 Å². The lowest BCUT2D eigenvalue weighted by Crippen LogP contribution is -2.11. The molecule has 5 nitrogen and oxygen atoms in total. The van der Waals surface area contributed by atoms with E-state index in [4.69, 9.17) is 14.5 Å². The fraction of sp³-hybridized carbons (Fsp3) is 0.179. The van der Waals surface area contributed by atoms with E-state index in [1.54, 1.807) is 13.8 Å². The van der Waals surface area contributed by atoms with Gasteiger partial charge in [-0.2, -0.15) is 0 Å². The molecule has 0 saturated heterocycles. The first-order chi connectivity index (χ1) is 16.0. The Hall–Kier alpha value is -3.99. The summed E-state index contributed by atoms with van der Waals surface area (Å²) < 4.78 is 10.3. The zero-order valence-corrected chi connectivity index (χ0v) is 19.1. The van der Waals surface area contributed by atoms with Crippen molar-refractivity contribution in [3.05, 3.63) is 107 Å². The molecule has 0 radical (unpaired) electrons. The Morgan fingerprint density at radius 2 is 1.39 bits per heavy atom. The second-order valence-electron chi connectivity index (χ2n) is 7.24. The first-order valence-corrected chi connectivity index (χ1v) is 10.9. The van der Waals surface area contributed by atoms with Crippen LogP contribution < -0.4 is 0 Å². The van der Waals surface area contributed by atoms with Crippen LogP contribution in [0.1, 0.15) is 36.1 Å². The number of rotatable bonds is 8. The summed E-state index contributed by atoms with van der Waals surface area (Å²) in [6.07, 6.45) is 1.18. The van der Waals surface area contributed by atoms with Gasteiger partial charge in [0.2, 0.25) is 0 Å². The molecular weight excluding hydrogens is 414 g/mol. The zero-order valence-electron chi connectivity index (χ0n) is 19.1. The van der Waals surface area contributed by atoms with Crippen LogP contribution in [-0.4, -0.2) is 30.9 Å². The fourth-order valence-electron chi connectivity index (χ4n) is 3.33. The van der Waals surface area contributed by atoms with Crippen LogP contribution in [0.5, 0.6) is 0 Å². The number of ether oxygens (including phenoxy) is 2. The molecule has 3 rings (SSSR count). The molecule has 0 N–H and O–H groups in total. The number of carbonyl (C=O) groups excluding carboxylic acids is 2. The van der Waals surface area contributed by atoms with Crippen LogP contribution in [0, 0.1) is 6.92 Å². The second-order valence-corrected chi connectivity index (χ2v) is 7.24. The third kappa shape index (κ3) is 6.26. The highest BCUT2D eigenvalue weighted by atomic mass is 16.5. The summed E-state index contributed by atoms with van der Waals surface area (Å²) in [4.78, 5) is 30.1. The van der Waals surface area contributed by atoms with Crippen molar-refractivity contribution < 1.29 is 19.1 Å². The molecule has 0 amide bonds. The monoisotopic (exact) mass is 441 g/mol. The maximum atomic E-state index is 12.8. The SMILES string of the molecule is CCOC(=O)/C=C(/C(=O)OCC)c1cc(C)ccc1N=C(c1ccccc1)c1ccccc1. The lowest BCUT2D eigenvalue weighted by Gasteiger charge is -2.13. The Kier molecular flexibility index (Phi) is 8.30. The van der Waals surface area contributed by atoms with Gasteiger partial charge in [0.1, 0.15) is 0 Å². The van der Waals surface area contributed by atoms with Gasteiger partial charge in [0.05, 0.1) is 30.2 Å². The second kappa shape index (κ2) is 11.6. The molecule has 0 aliphatic rings. The standard InChI is InChI=1S/C28H27NO4/c1-4-32-26(30)19-24(28(31)33-5-2)23-18-20(3)16-17-25(23)29-27(21-12-8-6-9-13-21)22-14-10-7-11-15-22/h6-19H,4-5H2,1-3H3/b24-19+. The van der Waals surface area contributed by atoms with E-state index in [1.807, 2.05) is 85.8 Å². The van der Waals surface area contributed by atoms with E-state index in [1.165, 1.54) is 6.08 Å². The number of aryl methyl sites for hydroxylation is 1. The molecule has 3 aromatic rings. The highest BCUT2D eigenvalue weighted by Gasteiger charge is 2.20. The summed E-state index contributed by atoms with van der Waals surface area (Å²) in [6.45, 7) is 5.74. The molecule has 33 heavy (non-hydrogen) atoms. The maximum Gasteiger partial charge on any atom is 0.339 e. The summed E-state index contributed by atoms with van der Waals surface area (Å²) in [5.74, 6) is -1.21. The first-order valence-electron chi connectivity index (χ1n) is 10.9. The number of hydrogen-bond acceptors (Lipinski definition) is 5. The van der Waals surface area contributed by atoms with Crippen LogP contribution in [0.2, 0.25) is 0 Å². The van der Waals surface area contributed by atoms with Gasteiger partial charge in [-0.25, -0.2) is 14.6 Å². The zero-order chi connectivity index (χ0) is 23.6. The van der Waals surface area contributed by atoms with E-state index < -0.39 is 11.9 Å². The van der Waals surface area contributed by atoms with Crippen LogP contribution in [0.3, 0.4) is 0 Å². The average molecular weight is 442 g/mol. The molecule has 0 spiro atoms. The number of nitrogens with zero attached hydrogens (tertiary/aromatic N) is 1. The van der Waals surface area contributed by atoms with Crippen molar-refractivity contribution in [2.24, 2.45) is 4.99 Å². The Morgan fingerprint density at radius 3 is 1.94 bits per heavy atom. The van der Waals surface area contributed by atoms with E-state index in [0.29, 0.717) is 11.3 Å². The number of benzene rings is 3. The summed E-state index contributed by atoms with van der Waals surface area (Å²) >= 11 is 0. The largest absolute Gasteiger partial charge is 0.463 e. The van der Waals surface area contributed by atoms with Crippen LogP contribution >= 0.6 is 0 Å². The van der Waals surface area contributed by atoms with Crippen LogP contribution in [-0.2, 0) is 19.1 Å². The predicted octanol–water partition coefficient (Wildman–Crippen LogP) is 5.67. The molecule has 0 aliphatic heterocycles. The molecule has 0 bridgehead atoms. The minimum atomic E-state index is -0.608. The summed E-state index contributed by atoms with van der Waals surface area (Å²) in [5, 5.41) is 0. The number of esters is 2. The maximum absolute atomic E-state index is 12.8. The van der Waals surface area contributed by atoms with E-state index >= 15 is 0 Å². The van der Waals surface area contributed by atoms with Crippen molar-refractivity contribution in [1.29, 1.82) is 0 Å². The molecule has 168 valence electrons. The summed E-state index contributed by atoms with van der Waals surface area (Å²) in [5.41, 5.74) is 4.70. The lowest BCUT2D eigenvalue weighted by atomic mass is 9.99. The summed E-state index contributed by atoms with van der Waals surface area (Å²) in [7, 11) is 0. The Labute approximate surface area is 194 Å². The fourth-order valence-corrected chi connectivity index (χ4v) is 3.33. The molecule has 3 aromatic carbocycles. The van der Waals surface area contributed by atoms with Gasteiger partial charge in [-0.15, -0.1) is 0 Å². The van der Waals surface area contributed by atoms with E-state index in [2.05, 4.69) is 0 Å². The topological polar surface area (TPSA) is 65.0 Å². The Bertz CT molecular complexity index is 1120. The molecule has 0 unspecified atom stereocenters. The van der Waals surface area contributed by atoms with Crippen LogP contribution in [0.25, 0.3) is 5.57 Å². The molecule has 0 atom stereocenters. The molecule has 0 heterocycles. The quantitative estimate of drug-likeness (QED) is 0.256. The van der Waals surface area contributed by atoms with Crippen molar-refractivity contribution in [1.82, 2.24) is 0 Å². The van der Waals surface area contributed by atoms with Gasteiger partial charge in [0, 0.05) is 22.8 Å². The minimum absolute atomic E-state index is 0.109. The first kappa shape index (κ1) is 23.7. The summed E-state index contributed by atoms with van der Waals surface area (Å²) in [6, 6.07) is 25.2. The van der Waals surface area contributed by atoms with Crippen LogP contribution in [0.15, 0.2) is 89.9 Å². The number of carbonyl (C=O) groups is 2. The number of hydrogen-bond donors (Lipinski definition) is 0. The molecule has 0 fully saturated rings. The minimum Gasteiger partial charge on any atom is -0.463 e. The van der Waals surface area contributed by atoms with Gasteiger partial charge in [-0.05, 0) is 32.9 Å². The predicted molar refractivity (Wildman–Crippen MR) is 131 cm³/mol. The van der Waals surface area contributed by atoms with Crippen LogP contribution in [0.4, 0.5) is 5.69 Å². The Morgan fingerprint density at radius 1 is 0.818 bits per heavy atom. The number of aliphatic imine (C=N–C) groups is 1. The van der Waals surface area contributed by atoms with Gasteiger partial charge in [-0.3, -0.25) is 0 Å². The molecule has 5 heteroatoms. The third-order valence-electron chi connectivity index (χ3n) is 4.81. The molecule has 0 aliphatic carbocycles. The van der Waals surface area contributed by atoms with Crippen molar-refractivity contribution in [2.45, 2.75) is 20.8 Å². The Balaban J connectivity index is 2.23. The highest BCUT2D eigenvalue weighted by molar-refractivity contribution is 6.22. The molecular formula is C28H27NO4. The van der Waals surface area contributed by atoms with E-state index in [0.717, 1.165) is 22.4 Å². The van der Waals surface area contributed by atoms with Crippen molar-refractivity contribution in [2.75, 3.05) is 13.2 Å². The van der Waals surface area contributed by atoms with Crippen molar-refractivity contribution >= 4 is 28.9 Å².